The third-order valence-electron chi connectivity index (χ3n) is 2.58. The van der Waals surface area contributed by atoms with Gasteiger partial charge in [0.25, 0.3) is 0 Å². The van der Waals surface area contributed by atoms with Gasteiger partial charge < -0.3 is 5.32 Å². The SMILES string of the molecule is Cc1nccnc1S(=O)C1CCCNC1.Cl. The van der Waals surface area contributed by atoms with E-state index in [-0.39, 0.29) is 17.7 Å². The minimum absolute atomic E-state index is 0. The highest BCUT2D eigenvalue weighted by molar-refractivity contribution is 7.85. The highest BCUT2D eigenvalue weighted by Crippen LogP contribution is 2.16. The molecule has 6 heteroatoms. The lowest BCUT2D eigenvalue weighted by molar-refractivity contribution is 0.518. The predicted octanol–water partition coefficient (Wildman–Crippen LogP) is 1.07. The smallest absolute Gasteiger partial charge is 0.148 e. The first kappa shape index (κ1) is 13.5. The Morgan fingerprint density at radius 2 is 2.19 bits per heavy atom. The summed E-state index contributed by atoms with van der Waals surface area (Å²) in [6.07, 6.45) is 5.34. The molecular weight excluding hydrogens is 246 g/mol. The van der Waals surface area contributed by atoms with Gasteiger partial charge in [-0.1, -0.05) is 0 Å². The molecule has 0 aliphatic carbocycles. The van der Waals surface area contributed by atoms with Crippen molar-refractivity contribution in [2.45, 2.75) is 30.0 Å². The number of hydrogen-bond acceptors (Lipinski definition) is 4. The molecule has 4 nitrogen and oxygen atoms in total. The number of aromatic nitrogens is 2. The van der Waals surface area contributed by atoms with Crippen LogP contribution in [0.1, 0.15) is 18.5 Å². The number of halogens is 1. The van der Waals surface area contributed by atoms with Gasteiger partial charge in [-0.25, -0.2) is 4.98 Å². The van der Waals surface area contributed by atoms with Crippen LogP contribution in [-0.4, -0.2) is 32.5 Å². The lowest BCUT2D eigenvalue weighted by Gasteiger charge is -2.21. The molecule has 2 unspecified atom stereocenters. The van der Waals surface area contributed by atoms with Crippen molar-refractivity contribution in [2.75, 3.05) is 13.1 Å². The summed E-state index contributed by atoms with van der Waals surface area (Å²) >= 11 is 0. The first-order chi connectivity index (χ1) is 7.29. The summed E-state index contributed by atoms with van der Waals surface area (Å²) in [6.45, 7) is 3.71. The van der Waals surface area contributed by atoms with Crippen molar-refractivity contribution in [3.63, 3.8) is 0 Å². The van der Waals surface area contributed by atoms with E-state index in [0.717, 1.165) is 31.6 Å². The molecule has 0 spiro atoms. The van der Waals surface area contributed by atoms with Gasteiger partial charge >= 0.3 is 0 Å². The minimum Gasteiger partial charge on any atom is -0.316 e. The standard InChI is InChI=1S/C10H15N3OS.ClH/c1-8-10(13-6-5-12-8)15(14)9-3-2-4-11-7-9;/h5-6,9,11H,2-4,7H2,1H3;1H. The van der Waals surface area contributed by atoms with Gasteiger partial charge in [0.1, 0.15) is 5.03 Å². The summed E-state index contributed by atoms with van der Waals surface area (Å²) in [5.41, 5.74) is 0.779. The summed E-state index contributed by atoms with van der Waals surface area (Å²) in [4.78, 5) is 8.28. The molecule has 0 saturated carbocycles. The molecule has 1 N–H and O–H groups in total. The van der Waals surface area contributed by atoms with Gasteiger partial charge in [0.05, 0.1) is 21.7 Å². The summed E-state index contributed by atoms with van der Waals surface area (Å²) in [7, 11) is -1.02. The highest BCUT2D eigenvalue weighted by Gasteiger charge is 2.23. The molecule has 0 aromatic carbocycles. The Balaban J connectivity index is 0.00000128. The number of aryl methyl sites for hydroxylation is 1. The molecule has 2 heterocycles. The number of rotatable bonds is 2. The van der Waals surface area contributed by atoms with Gasteiger partial charge in [-0.3, -0.25) is 9.19 Å². The zero-order valence-electron chi connectivity index (χ0n) is 9.18. The lowest BCUT2D eigenvalue weighted by atomic mass is 10.2. The fraction of sp³-hybridized carbons (Fsp3) is 0.600. The van der Waals surface area contributed by atoms with Crippen molar-refractivity contribution in [1.29, 1.82) is 0 Å². The Morgan fingerprint density at radius 1 is 1.44 bits per heavy atom. The number of nitrogens with zero attached hydrogens (tertiary/aromatic N) is 2. The lowest BCUT2D eigenvalue weighted by Crippen LogP contribution is -2.36. The molecule has 2 atom stereocenters. The first-order valence-electron chi connectivity index (χ1n) is 5.18. The highest BCUT2D eigenvalue weighted by atomic mass is 35.5. The van der Waals surface area contributed by atoms with E-state index in [0.29, 0.717) is 5.03 Å². The third-order valence-corrected chi connectivity index (χ3v) is 4.37. The van der Waals surface area contributed by atoms with Crippen LogP contribution in [0.2, 0.25) is 0 Å². The van der Waals surface area contributed by atoms with Crippen LogP contribution >= 0.6 is 12.4 Å². The summed E-state index contributed by atoms with van der Waals surface area (Å²) < 4.78 is 12.2. The van der Waals surface area contributed by atoms with Crippen LogP contribution in [0.3, 0.4) is 0 Å². The maximum atomic E-state index is 12.2. The van der Waals surface area contributed by atoms with E-state index >= 15 is 0 Å². The Kier molecular flexibility index (Phi) is 5.31. The van der Waals surface area contributed by atoms with Crippen molar-refractivity contribution in [1.82, 2.24) is 15.3 Å². The van der Waals surface area contributed by atoms with Gasteiger partial charge in [-0.05, 0) is 26.3 Å². The van der Waals surface area contributed by atoms with E-state index in [1.165, 1.54) is 0 Å². The molecule has 0 bridgehead atoms. The molecule has 0 radical (unpaired) electrons. The molecule has 1 aromatic rings. The maximum absolute atomic E-state index is 12.2. The number of hydrogen-bond donors (Lipinski definition) is 1. The normalized spacial score (nSPS) is 22.2. The fourth-order valence-corrected chi connectivity index (χ4v) is 3.23. The first-order valence-corrected chi connectivity index (χ1v) is 6.39. The maximum Gasteiger partial charge on any atom is 0.148 e. The topological polar surface area (TPSA) is 54.9 Å². The molecule has 1 aromatic heterocycles. The van der Waals surface area contributed by atoms with Crippen molar-refractivity contribution >= 4 is 23.2 Å². The molecule has 0 amide bonds. The monoisotopic (exact) mass is 261 g/mol. The second-order valence-electron chi connectivity index (χ2n) is 3.71. The van der Waals surface area contributed by atoms with Gasteiger partial charge in [-0.15, -0.1) is 12.4 Å². The van der Waals surface area contributed by atoms with Crippen LogP contribution < -0.4 is 5.32 Å². The number of piperidine rings is 1. The van der Waals surface area contributed by atoms with E-state index in [1.807, 2.05) is 6.92 Å². The van der Waals surface area contributed by atoms with E-state index in [4.69, 9.17) is 0 Å². The minimum atomic E-state index is -1.02. The van der Waals surface area contributed by atoms with E-state index in [9.17, 15) is 4.21 Å². The Labute approximate surface area is 104 Å². The van der Waals surface area contributed by atoms with Gasteiger partial charge in [0.15, 0.2) is 0 Å². The summed E-state index contributed by atoms with van der Waals surface area (Å²) in [6, 6.07) is 0. The van der Waals surface area contributed by atoms with Crippen LogP contribution in [0.5, 0.6) is 0 Å². The molecule has 1 fully saturated rings. The van der Waals surface area contributed by atoms with Crippen LogP contribution in [0.25, 0.3) is 0 Å². The van der Waals surface area contributed by atoms with Crippen molar-refractivity contribution in [2.24, 2.45) is 0 Å². The second-order valence-corrected chi connectivity index (χ2v) is 5.36. The van der Waals surface area contributed by atoms with Crippen molar-refractivity contribution in [3.05, 3.63) is 18.1 Å². The Bertz CT molecular complexity index is 369. The Morgan fingerprint density at radius 3 is 2.81 bits per heavy atom. The van der Waals surface area contributed by atoms with Crippen LogP contribution in [0.4, 0.5) is 0 Å². The third kappa shape index (κ3) is 2.99. The fourth-order valence-electron chi connectivity index (χ4n) is 1.75. The zero-order valence-corrected chi connectivity index (χ0v) is 10.8. The average molecular weight is 262 g/mol. The zero-order chi connectivity index (χ0) is 10.7. The van der Waals surface area contributed by atoms with Crippen LogP contribution in [0, 0.1) is 6.92 Å². The molecular formula is C10H16ClN3OS. The molecule has 16 heavy (non-hydrogen) atoms. The van der Waals surface area contributed by atoms with Gasteiger partial charge in [-0.2, -0.15) is 0 Å². The largest absolute Gasteiger partial charge is 0.316 e. The predicted molar refractivity (Wildman–Crippen MR) is 66.3 cm³/mol. The molecule has 1 aliphatic heterocycles. The van der Waals surface area contributed by atoms with Gasteiger partial charge in [0, 0.05) is 18.9 Å². The average Bonchev–Trinajstić information content (AvgIpc) is 2.30. The van der Waals surface area contributed by atoms with E-state index in [2.05, 4.69) is 15.3 Å². The summed E-state index contributed by atoms with van der Waals surface area (Å²) in [5.74, 6) is 0. The van der Waals surface area contributed by atoms with Crippen molar-refractivity contribution < 1.29 is 4.21 Å². The van der Waals surface area contributed by atoms with Crippen LogP contribution in [-0.2, 0) is 10.8 Å². The van der Waals surface area contributed by atoms with Crippen LogP contribution in [0.15, 0.2) is 17.4 Å². The Hall–Kier alpha value is -0.520. The van der Waals surface area contributed by atoms with Gasteiger partial charge in [0.2, 0.25) is 0 Å². The molecule has 1 aliphatic rings. The van der Waals surface area contributed by atoms with E-state index in [1.54, 1.807) is 12.4 Å². The quantitative estimate of drug-likeness (QED) is 0.865. The molecule has 2 rings (SSSR count). The number of nitrogens with one attached hydrogen (secondary N) is 1. The summed E-state index contributed by atoms with van der Waals surface area (Å²) in [5, 5.41) is 4.10. The second kappa shape index (κ2) is 6.27. The van der Waals surface area contributed by atoms with Crippen molar-refractivity contribution in [3.8, 4) is 0 Å². The molecule has 1 saturated heterocycles. The molecule has 90 valence electrons. The van der Waals surface area contributed by atoms with E-state index < -0.39 is 10.8 Å².